The molecule has 0 spiro atoms. The maximum atomic E-state index is 13.1. The molecule has 1 aromatic carbocycles. The van der Waals surface area contributed by atoms with E-state index in [1.807, 2.05) is 20.8 Å². The molecule has 1 aromatic heterocycles. The standard InChI is InChI=1S/C20H27ClN4O3/c1-4-5-10-24(16(26)11-14-8-6-7-9-15(14)21)17-18(22)25(12-13(2)3)20(28)23-19(17)27/h6-9,13H,4-5,10-12,22H2,1-3H3,(H,23,27,28). The van der Waals surface area contributed by atoms with E-state index in [4.69, 9.17) is 17.3 Å². The number of rotatable bonds is 8. The van der Waals surface area contributed by atoms with E-state index in [9.17, 15) is 14.4 Å². The average molecular weight is 407 g/mol. The summed E-state index contributed by atoms with van der Waals surface area (Å²) in [6, 6.07) is 7.07. The number of amides is 1. The quantitative estimate of drug-likeness (QED) is 0.703. The molecule has 0 unspecified atom stereocenters. The molecule has 0 saturated heterocycles. The molecule has 0 atom stereocenters. The number of nitrogens with zero attached hydrogens (tertiary/aromatic N) is 2. The Hall–Kier alpha value is -2.54. The van der Waals surface area contributed by atoms with Gasteiger partial charge in [0.15, 0.2) is 5.69 Å². The molecule has 3 N–H and O–H groups in total. The summed E-state index contributed by atoms with van der Waals surface area (Å²) in [6.07, 6.45) is 1.56. The van der Waals surface area contributed by atoms with Crippen LogP contribution in [0.15, 0.2) is 33.9 Å². The normalized spacial score (nSPS) is 11.0. The van der Waals surface area contributed by atoms with Gasteiger partial charge in [0.1, 0.15) is 5.82 Å². The van der Waals surface area contributed by atoms with Crippen LogP contribution in [0.1, 0.15) is 39.2 Å². The molecule has 2 aromatic rings. The molecule has 0 aliphatic heterocycles. The van der Waals surface area contributed by atoms with E-state index in [2.05, 4.69) is 4.98 Å². The highest BCUT2D eigenvalue weighted by Crippen LogP contribution is 2.22. The maximum absolute atomic E-state index is 13.1. The number of aromatic nitrogens is 2. The molecule has 7 nitrogen and oxygen atoms in total. The van der Waals surface area contributed by atoms with Gasteiger partial charge < -0.3 is 10.6 Å². The van der Waals surface area contributed by atoms with E-state index < -0.39 is 11.2 Å². The first-order valence-corrected chi connectivity index (χ1v) is 9.80. The Kier molecular flexibility index (Phi) is 7.45. The predicted octanol–water partition coefficient (Wildman–Crippen LogP) is 2.80. The molecule has 0 aliphatic rings. The van der Waals surface area contributed by atoms with E-state index in [0.29, 0.717) is 30.1 Å². The Morgan fingerprint density at radius 2 is 1.96 bits per heavy atom. The number of halogens is 1. The highest BCUT2D eigenvalue weighted by molar-refractivity contribution is 6.31. The minimum absolute atomic E-state index is 0.00561. The number of carbonyl (C=O) groups excluding carboxylic acids is 1. The van der Waals surface area contributed by atoms with Gasteiger partial charge in [-0.2, -0.15) is 0 Å². The lowest BCUT2D eigenvalue weighted by molar-refractivity contribution is -0.118. The zero-order valence-corrected chi connectivity index (χ0v) is 17.3. The summed E-state index contributed by atoms with van der Waals surface area (Å²) in [5, 5.41) is 0.484. The molecule has 0 aliphatic carbocycles. The molecule has 0 saturated carbocycles. The first-order chi connectivity index (χ1) is 13.3. The molecule has 28 heavy (non-hydrogen) atoms. The van der Waals surface area contributed by atoms with Crippen molar-refractivity contribution in [3.05, 3.63) is 55.7 Å². The van der Waals surface area contributed by atoms with Crippen molar-refractivity contribution in [2.24, 2.45) is 5.92 Å². The monoisotopic (exact) mass is 406 g/mol. The van der Waals surface area contributed by atoms with Crippen LogP contribution in [0.2, 0.25) is 5.02 Å². The van der Waals surface area contributed by atoms with Gasteiger partial charge in [-0.05, 0) is 24.0 Å². The number of hydrogen-bond acceptors (Lipinski definition) is 4. The molecule has 0 bridgehead atoms. The number of benzene rings is 1. The highest BCUT2D eigenvalue weighted by Gasteiger charge is 2.24. The molecule has 1 amide bonds. The second-order valence-electron chi connectivity index (χ2n) is 7.16. The Balaban J connectivity index is 2.50. The lowest BCUT2D eigenvalue weighted by atomic mass is 10.1. The van der Waals surface area contributed by atoms with Crippen LogP contribution in [0, 0.1) is 5.92 Å². The number of hydrogen-bond donors (Lipinski definition) is 2. The van der Waals surface area contributed by atoms with Gasteiger partial charge in [0.2, 0.25) is 5.91 Å². The number of aromatic amines is 1. The van der Waals surface area contributed by atoms with Crippen LogP contribution in [0.5, 0.6) is 0 Å². The van der Waals surface area contributed by atoms with E-state index in [0.717, 1.165) is 6.42 Å². The van der Waals surface area contributed by atoms with Gasteiger partial charge in [-0.1, -0.05) is 57.0 Å². The number of H-pyrrole nitrogens is 1. The van der Waals surface area contributed by atoms with E-state index in [1.54, 1.807) is 24.3 Å². The minimum atomic E-state index is -0.661. The zero-order chi connectivity index (χ0) is 20.8. The number of nitrogens with one attached hydrogen (secondary N) is 1. The van der Waals surface area contributed by atoms with Gasteiger partial charge >= 0.3 is 5.69 Å². The smallest absolute Gasteiger partial charge is 0.330 e. The summed E-state index contributed by atoms with van der Waals surface area (Å²) >= 11 is 6.18. The van der Waals surface area contributed by atoms with Crippen LogP contribution in [0.4, 0.5) is 11.5 Å². The van der Waals surface area contributed by atoms with Crippen LogP contribution < -0.4 is 21.9 Å². The summed E-state index contributed by atoms with van der Waals surface area (Å²) in [5.74, 6) is -0.152. The van der Waals surface area contributed by atoms with Gasteiger partial charge in [0.05, 0.1) is 6.42 Å². The molecule has 2 rings (SSSR count). The third kappa shape index (κ3) is 5.04. The van der Waals surface area contributed by atoms with E-state index >= 15 is 0 Å². The fraction of sp³-hybridized carbons (Fsp3) is 0.450. The topological polar surface area (TPSA) is 101 Å². The highest BCUT2D eigenvalue weighted by atomic mass is 35.5. The third-order valence-electron chi connectivity index (χ3n) is 4.37. The SMILES string of the molecule is CCCCN(C(=O)Cc1ccccc1Cl)c1c(N)n(CC(C)C)c(=O)[nH]c1=O. The fourth-order valence-electron chi connectivity index (χ4n) is 2.96. The molecule has 0 radical (unpaired) electrons. The first-order valence-electron chi connectivity index (χ1n) is 9.42. The van der Waals surface area contributed by atoms with Crippen molar-refractivity contribution in [3.8, 4) is 0 Å². The number of nitrogens with two attached hydrogens (primary N) is 1. The largest absolute Gasteiger partial charge is 0.383 e. The van der Waals surface area contributed by atoms with Gasteiger partial charge in [-0.25, -0.2) is 4.79 Å². The second-order valence-corrected chi connectivity index (χ2v) is 7.57. The Labute approximate surface area is 169 Å². The van der Waals surface area contributed by atoms with Gasteiger partial charge in [-0.15, -0.1) is 0 Å². The lowest BCUT2D eigenvalue weighted by Crippen LogP contribution is -2.42. The van der Waals surface area contributed by atoms with E-state index in [1.165, 1.54) is 9.47 Å². The Morgan fingerprint density at radius 1 is 1.29 bits per heavy atom. The number of nitrogen functional groups attached to an aromatic ring is 1. The van der Waals surface area contributed by atoms with E-state index in [-0.39, 0.29) is 29.8 Å². The average Bonchev–Trinajstić information content (AvgIpc) is 2.63. The van der Waals surface area contributed by atoms with Crippen LogP contribution in [-0.4, -0.2) is 22.0 Å². The zero-order valence-electron chi connectivity index (χ0n) is 16.5. The molecule has 152 valence electrons. The van der Waals surface area contributed by atoms with Crippen molar-refractivity contribution in [3.63, 3.8) is 0 Å². The summed E-state index contributed by atoms with van der Waals surface area (Å²) < 4.78 is 1.31. The molecular weight excluding hydrogens is 380 g/mol. The second kappa shape index (κ2) is 9.59. The summed E-state index contributed by atoms with van der Waals surface area (Å²) in [4.78, 5) is 41.5. The van der Waals surface area contributed by atoms with Crippen molar-refractivity contribution < 1.29 is 4.79 Å². The molecule has 8 heteroatoms. The van der Waals surface area contributed by atoms with Crippen LogP contribution in [0.25, 0.3) is 0 Å². The third-order valence-corrected chi connectivity index (χ3v) is 4.74. The van der Waals surface area contributed by atoms with Gasteiger partial charge in [0.25, 0.3) is 5.56 Å². The molecule has 1 heterocycles. The Morgan fingerprint density at radius 3 is 2.57 bits per heavy atom. The van der Waals surface area contributed by atoms with Crippen molar-refractivity contribution >= 4 is 29.0 Å². The fourth-order valence-corrected chi connectivity index (χ4v) is 3.16. The van der Waals surface area contributed by atoms with Crippen molar-refractivity contribution in [1.29, 1.82) is 0 Å². The Bertz CT molecular complexity index is 949. The maximum Gasteiger partial charge on any atom is 0.330 e. The van der Waals surface area contributed by atoms with Gasteiger partial charge in [-0.3, -0.25) is 19.1 Å². The van der Waals surface area contributed by atoms with Crippen LogP contribution in [-0.2, 0) is 17.8 Å². The summed E-state index contributed by atoms with van der Waals surface area (Å²) in [7, 11) is 0. The van der Waals surface area contributed by atoms with Crippen molar-refractivity contribution in [2.75, 3.05) is 17.2 Å². The van der Waals surface area contributed by atoms with Crippen molar-refractivity contribution in [2.45, 2.75) is 46.6 Å². The van der Waals surface area contributed by atoms with Crippen LogP contribution in [0.3, 0.4) is 0 Å². The lowest BCUT2D eigenvalue weighted by Gasteiger charge is -2.25. The number of unbranched alkanes of at least 4 members (excludes halogenated alkanes) is 1. The van der Waals surface area contributed by atoms with Crippen molar-refractivity contribution in [1.82, 2.24) is 9.55 Å². The predicted molar refractivity (Wildman–Crippen MR) is 113 cm³/mol. The molecular formula is C20H27ClN4O3. The first kappa shape index (κ1) is 21.8. The summed E-state index contributed by atoms with van der Waals surface area (Å²) in [5.41, 5.74) is 5.64. The number of anilines is 2. The van der Waals surface area contributed by atoms with Gasteiger partial charge in [0, 0.05) is 18.1 Å². The summed E-state index contributed by atoms with van der Waals surface area (Å²) in [6.45, 7) is 6.54. The van der Waals surface area contributed by atoms with Crippen LogP contribution >= 0.6 is 11.6 Å². The minimum Gasteiger partial charge on any atom is -0.383 e. The number of carbonyl (C=O) groups is 1. The molecule has 0 fully saturated rings.